The molecule has 13 heteroatoms. The summed E-state index contributed by atoms with van der Waals surface area (Å²) >= 11 is 0. The van der Waals surface area contributed by atoms with Gasteiger partial charge < -0.3 is 23.4 Å². The van der Waals surface area contributed by atoms with Crippen LogP contribution >= 0.6 is 0 Å². The van der Waals surface area contributed by atoms with Crippen molar-refractivity contribution in [2.24, 2.45) is 24.1 Å². The van der Waals surface area contributed by atoms with E-state index in [4.69, 9.17) is 0 Å². The number of para-hydroxylation sites is 3. The van der Waals surface area contributed by atoms with E-state index >= 15 is 0 Å². The van der Waals surface area contributed by atoms with Gasteiger partial charge >= 0.3 is 0 Å². The number of hydrogen-bond acceptors (Lipinski definition) is 5. The van der Waals surface area contributed by atoms with E-state index in [9.17, 15) is 14.7 Å². The topological polar surface area (TPSA) is 134 Å². The van der Waals surface area contributed by atoms with Crippen molar-refractivity contribution in [1.29, 1.82) is 0 Å². The van der Waals surface area contributed by atoms with Gasteiger partial charge in [0.25, 0.3) is 11.8 Å². The number of aliphatic hydroxyl groups excluding tert-OH is 1. The molecule has 2 aromatic carbocycles. The summed E-state index contributed by atoms with van der Waals surface area (Å²) in [4.78, 5) is 36.2. The molecule has 0 spiro atoms. The molecule has 6 rings (SSSR count). The van der Waals surface area contributed by atoms with Crippen LogP contribution < -0.4 is 11.2 Å². The maximum atomic E-state index is 13.5. The van der Waals surface area contributed by atoms with E-state index in [-0.39, 0.29) is 18.4 Å². The van der Waals surface area contributed by atoms with Gasteiger partial charge in [0.05, 0.1) is 40.1 Å². The second-order valence-corrected chi connectivity index (χ2v) is 12.0. The Balaban J connectivity index is 1.35. The normalized spacial score (nSPS) is 12.6. The minimum Gasteiger partial charge on any atom is -0.392 e. The summed E-state index contributed by atoms with van der Waals surface area (Å²) in [5, 5.41) is 19.1. The molecule has 4 heterocycles. The van der Waals surface area contributed by atoms with E-state index in [1.165, 1.54) is 0 Å². The molecule has 0 saturated carbocycles. The highest BCUT2D eigenvalue weighted by Gasteiger charge is 2.18. The van der Waals surface area contributed by atoms with Crippen LogP contribution in [0.5, 0.6) is 0 Å². The molecule has 1 N–H and O–H groups in total. The average molecular weight is 651 g/mol. The van der Waals surface area contributed by atoms with Crippen LogP contribution in [0.15, 0.2) is 64.6 Å². The quantitative estimate of drug-likeness (QED) is 0.225. The van der Waals surface area contributed by atoms with Crippen molar-refractivity contribution in [3.8, 4) is 0 Å². The van der Waals surface area contributed by atoms with Crippen molar-refractivity contribution >= 4 is 33.9 Å². The molecule has 2 amide bonds. The van der Waals surface area contributed by atoms with Crippen molar-refractivity contribution in [2.75, 3.05) is 0 Å². The maximum absolute atomic E-state index is 13.5. The highest BCUT2D eigenvalue weighted by atomic mass is 16.3. The summed E-state index contributed by atoms with van der Waals surface area (Å²) < 4.78 is 11.3. The SMILES string of the molecule is CCn1nc(C)cc1C(=O)N=c1n(C)c2cccc(CO)c2n1CCCCn1/c(=N/C(=O)c2cc(C)nn2CC)n(C)c2ccccc21. The Morgan fingerprint density at radius 3 is 1.77 bits per heavy atom. The maximum Gasteiger partial charge on any atom is 0.298 e. The number of benzene rings is 2. The zero-order chi connectivity index (χ0) is 34.1. The molecular weight excluding hydrogens is 608 g/mol. The molecular formula is C35H42N10O3. The fourth-order valence-electron chi connectivity index (χ4n) is 6.51. The fraction of sp³-hybridized carbons (Fsp3) is 0.371. The third-order valence-corrected chi connectivity index (χ3v) is 8.77. The number of aryl methyl sites for hydroxylation is 8. The van der Waals surface area contributed by atoms with Gasteiger partial charge in [-0.25, -0.2) is 0 Å². The van der Waals surface area contributed by atoms with Gasteiger partial charge in [-0.05, 0) is 70.9 Å². The summed E-state index contributed by atoms with van der Waals surface area (Å²) in [6, 6.07) is 17.3. The first kappa shape index (κ1) is 32.6. The Morgan fingerprint density at radius 2 is 1.21 bits per heavy atom. The largest absolute Gasteiger partial charge is 0.392 e. The van der Waals surface area contributed by atoms with Gasteiger partial charge in [0.1, 0.15) is 11.4 Å². The molecule has 0 aliphatic heterocycles. The van der Waals surface area contributed by atoms with E-state index in [1.807, 2.05) is 98.0 Å². The number of aromatic nitrogens is 8. The van der Waals surface area contributed by atoms with E-state index in [0.29, 0.717) is 48.8 Å². The van der Waals surface area contributed by atoms with Crippen molar-refractivity contribution in [1.82, 2.24) is 37.8 Å². The fourth-order valence-corrected chi connectivity index (χ4v) is 6.51. The van der Waals surface area contributed by atoms with Crippen LogP contribution in [-0.2, 0) is 46.9 Å². The zero-order valence-electron chi connectivity index (χ0n) is 28.4. The minimum absolute atomic E-state index is 0.141. The van der Waals surface area contributed by atoms with Gasteiger partial charge in [-0.15, -0.1) is 0 Å². The second-order valence-electron chi connectivity index (χ2n) is 12.0. The number of rotatable bonds is 10. The molecule has 0 unspecified atom stereocenters. The van der Waals surface area contributed by atoms with E-state index in [1.54, 1.807) is 21.5 Å². The van der Waals surface area contributed by atoms with Crippen molar-refractivity contribution < 1.29 is 14.7 Å². The molecule has 48 heavy (non-hydrogen) atoms. The highest BCUT2D eigenvalue weighted by molar-refractivity contribution is 5.94. The third-order valence-electron chi connectivity index (χ3n) is 8.77. The molecule has 250 valence electrons. The number of aliphatic hydroxyl groups is 1. The summed E-state index contributed by atoms with van der Waals surface area (Å²) in [5.74, 6) is -0.708. The number of hydrogen-bond donors (Lipinski definition) is 1. The van der Waals surface area contributed by atoms with Crippen LogP contribution in [0.4, 0.5) is 0 Å². The molecule has 6 aromatic rings. The van der Waals surface area contributed by atoms with Crippen LogP contribution in [0.3, 0.4) is 0 Å². The van der Waals surface area contributed by atoms with Crippen molar-refractivity contribution in [3.63, 3.8) is 0 Å². The van der Waals surface area contributed by atoms with Crippen LogP contribution in [0.1, 0.15) is 64.6 Å². The molecule has 0 aliphatic rings. The first-order chi connectivity index (χ1) is 23.2. The predicted octanol–water partition coefficient (Wildman–Crippen LogP) is 3.78. The van der Waals surface area contributed by atoms with Crippen LogP contribution in [0, 0.1) is 13.8 Å². The summed E-state index contributed by atoms with van der Waals surface area (Å²) in [6.07, 6.45) is 1.49. The Labute approximate surface area is 277 Å². The number of nitrogens with zero attached hydrogens (tertiary/aromatic N) is 10. The third kappa shape index (κ3) is 5.85. The van der Waals surface area contributed by atoms with Crippen LogP contribution in [0.2, 0.25) is 0 Å². The molecule has 0 fully saturated rings. The van der Waals surface area contributed by atoms with Gasteiger partial charge in [-0.2, -0.15) is 20.2 Å². The Hall–Kier alpha value is -5.30. The van der Waals surface area contributed by atoms with E-state index < -0.39 is 0 Å². The van der Waals surface area contributed by atoms with Gasteiger partial charge in [-0.1, -0.05) is 24.3 Å². The lowest BCUT2D eigenvalue weighted by molar-refractivity contribution is 0.0977. The van der Waals surface area contributed by atoms with Crippen molar-refractivity contribution in [2.45, 2.75) is 73.3 Å². The first-order valence-electron chi connectivity index (χ1n) is 16.4. The summed E-state index contributed by atoms with van der Waals surface area (Å²) in [6.45, 7) is 9.77. The lowest BCUT2D eigenvalue weighted by Gasteiger charge is -2.09. The number of imidazole rings is 2. The van der Waals surface area contributed by atoms with Crippen LogP contribution in [0.25, 0.3) is 22.1 Å². The van der Waals surface area contributed by atoms with E-state index in [2.05, 4.69) is 24.7 Å². The number of unbranched alkanes of at least 4 members (excludes halogenated alkanes) is 1. The Morgan fingerprint density at radius 1 is 0.708 bits per heavy atom. The number of carbonyl (C=O) groups excluding carboxylic acids is 2. The molecule has 0 radical (unpaired) electrons. The van der Waals surface area contributed by atoms with Crippen molar-refractivity contribution in [3.05, 3.63) is 94.2 Å². The Kier molecular flexibility index (Phi) is 9.13. The van der Waals surface area contributed by atoms with Gasteiger partial charge in [0, 0.05) is 45.8 Å². The average Bonchev–Trinajstić information content (AvgIpc) is 3.81. The lowest BCUT2D eigenvalue weighted by atomic mass is 10.2. The molecule has 0 bridgehead atoms. The monoisotopic (exact) mass is 650 g/mol. The smallest absolute Gasteiger partial charge is 0.298 e. The van der Waals surface area contributed by atoms with Crippen LogP contribution in [-0.4, -0.2) is 54.8 Å². The molecule has 0 atom stereocenters. The molecule has 13 nitrogen and oxygen atoms in total. The summed E-state index contributed by atoms with van der Waals surface area (Å²) in [5.41, 5.74) is 7.92. The lowest BCUT2D eigenvalue weighted by Crippen LogP contribution is -2.28. The van der Waals surface area contributed by atoms with Gasteiger partial charge in [-0.3, -0.25) is 19.0 Å². The zero-order valence-corrected chi connectivity index (χ0v) is 28.4. The standard InChI is InChI=1S/C35H42N10O3/c1-7-44-29(20-23(3)38-44)32(47)36-34-40(5)26-15-9-10-16-27(26)42(34)18-11-12-19-43-31-25(22-46)14-13-17-28(31)41(6)35(43)37-33(48)30-21-24(4)39-45(30)8-2/h9-10,13-17,20-21,46H,7-8,11-12,18-19,22H2,1-6H3/b36-34+,37-35?. The number of carbonyl (C=O) groups is 2. The predicted molar refractivity (Wildman–Crippen MR) is 182 cm³/mol. The number of fused-ring (bicyclic) bond motifs is 2. The Bertz CT molecular complexity index is 2300. The molecule has 4 aromatic heterocycles. The van der Waals surface area contributed by atoms with Gasteiger partial charge in [0.2, 0.25) is 11.2 Å². The molecule has 0 saturated heterocycles. The highest BCUT2D eigenvalue weighted by Crippen LogP contribution is 2.20. The van der Waals surface area contributed by atoms with Gasteiger partial charge in [0.15, 0.2) is 0 Å². The molecule has 0 aliphatic carbocycles. The first-order valence-corrected chi connectivity index (χ1v) is 16.4. The minimum atomic E-state index is -0.371. The van der Waals surface area contributed by atoms with E-state index in [0.717, 1.165) is 51.9 Å². The number of amides is 2. The summed E-state index contributed by atoms with van der Waals surface area (Å²) in [7, 11) is 3.81. The second kappa shape index (κ2) is 13.4.